The van der Waals surface area contributed by atoms with Crippen molar-refractivity contribution in [1.29, 1.82) is 0 Å². The summed E-state index contributed by atoms with van der Waals surface area (Å²) in [4.78, 5) is 6.28. The Hall–Kier alpha value is -0.530. The summed E-state index contributed by atoms with van der Waals surface area (Å²) in [5.74, 6) is 0. The molecule has 2 nitrogen and oxygen atoms in total. The van der Waals surface area contributed by atoms with E-state index in [-0.39, 0.29) is 0 Å². The summed E-state index contributed by atoms with van der Waals surface area (Å²) in [6.07, 6.45) is 1.92. The summed E-state index contributed by atoms with van der Waals surface area (Å²) < 4.78 is 0. The highest BCUT2D eigenvalue weighted by molar-refractivity contribution is 5.54. The van der Waals surface area contributed by atoms with E-state index in [9.17, 15) is 0 Å². The second-order valence-electron chi connectivity index (χ2n) is 1.84. The largest absolute Gasteiger partial charge is 0.364 e. The van der Waals surface area contributed by atoms with Crippen LogP contribution in [0.15, 0.2) is 4.99 Å². The maximum absolute atomic E-state index is 4.11. The van der Waals surface area contributed by atoms with Gasteiger partial charge in [-0.1, -0.05) is 0 Å². The average molecular weight is 128 g/mol. The van der Waals surface area contributed by atoms with Crippen LogP contribution in [0.1, 0.15) is 20.8 Å². The maximum Gasteiger partial charge on any atom is 0.0849 e. The lowest BCUT2D eigenvalue weighted by atomic mass is 10.6. The first-order chi connectivity index (χ1) is 4.35. The van der Waals surface area contributed by atoms with E-state index in [1.54, 1.807) is 0 Å². The molecule has 0 aromatic carbocycles. The smallest absolute Gasteiger partial charge is 0.0849 e. The van der Waals surface area contributed by atoms with Gasteiger partial charge in [-0.05, 0) is 20.8 Å². The van der Waals surface area contributed by atoms with Crippen LogP contribution >= 0.6 is 0 Å². The van der Waals surface area contributed by atoms with Crippen molar-refractivity contribution in [2.45, 2.75) is 20.8 Å². The maximum atomic E-state index is 4.11. The summed E-state index contributed by atoms with van der Waals surface area (Å²) in [5.41, 5.74) is 0. The van der Waals surface area contributed by atoms with Crippen LogP contribution in [0.2, 0.25) is 0 Å². The minimum atomic E-state index is 0.885. The molecule has 0 aliphatic rings. The molecule has 0 aliphatic heterocycles. The van der Waals surface area contributed by atoms with Gasteiger partial charge in [-0.25, -0.2) is 0 Å². The minimum Gasteiger partial charge on any atom is -0.364 e. The Kier molecular flexibility index (Phi) is 5.27. The van der Waals surface area contributed by atoms with Crippen molar-refractivity contribution in [2.24, 2.45) is 4.99 Å². The average Bonchev–Trinajstić information content (AvgIpc) is 1.91. The van der Waals surface area contributed by atoms with Gasteiger partial charge in [-0.15, -0.1) is 0 Å². The third kappa shape index (κ3) is 4.01. The normalized spacial score (nSPS) is 10.6. The number of nitrogens with zero attached hydrogens (tertiary/aromatic N) is 2. The standard InChI is InChI=1S/C7H16N2/c1-4-8-7-9(5-2)6-3/h7H,4-6H2,1-3H3. The molecular weight excluding hydrogens is 112 g/mol. The van der Waals surface area contributed by atoms with Gasteiger partial charge in [0.25, 0.3) is 0 Å². The SMILES string of the molecule is CCN=CN(CC)CC. The zero-order chi connectivity index (χ0) is 7.11. The van der Waals surface area contributed by atoms with E-state index >= 15 is 0 Å². The topological polar surface area (TPSA) is 15.6 Å². The number of rotatable bonds is 4. The molecule has 0 rings (SSSR count). The van der Waals surface area contributed by atoms with Crippen molar-refractivity contribution in [3.8, 4) is 0 Å². The predicted molar refractivity (Wildman–Crippen MR) is 42.0 cm³/mol. The fraction of sp³-hybridized carbons (Fsp3) is 0.857. The van der Waals surface area contributed by atoms with Crippen LogP contribution in [0.25, 0.3) is 0 Å². The number of aliphatic imine (C=N–C) groups is 1. The van der Waals surface area contributed by atoms with Crippen molar-refractivity contribution >= 4 is 6.34 Å². The highest BCUT2D eigenvalue weighted by Crippen LogP contribution is 1.79. The molecule has 0 fully saturated rings. The fourth-order valence-electron chi connectivity index (χ4n) is 0.584. The molecule has 0 atom stereocenters. The van der Waals surface area contributed by atoms with Crippen molar-refractivity contribution in [2.75, 3.05) is 19.6 Å². The van der Waals surface area contributed by atoms with E-state index < -0.39 is 0 Å². The van der Waals surface area contributed by atoms with Crippen LogP contribution < -0.4 is 0 Å². The summed E-state index contributed by atoms with van der Waals surface area (Å²) in [6.45, 7) is 9.30. The highest BCUT2D eigenvalue weighted by atomic mass is 15.1. The van der Waals surface area contributed by atoms with Gasteiger partial charge in [0.05, 0.1) is 6.34 Å². The molecule has 0 amide bonds. The van der Waals surface area contributed by atoms with Crippen LogP contribution in [0.4, 0.5) is 0 Å². The van der Waals surface area contributed by atoms with Gasteiger partial charge in [0.2, 0.25) is 0 Å². The molecule has 0 saturated heterocycles. The van der Waals surface area contributed by atoms with E-state index in [1.807, 2.05) is 13.3 Å². The molecule has 0 N–H and O–H groups in total. The number of hydrogen-bond donors (Lipinski definition) is 0. The molecule has 2 heteroatoms. The van der Waals surface area contributed by atoms with Crippen molar-refractivity contribution in [3.05, 3.63) is 0 Å². The van der Waals surface area contributed by atoms with Gasteiger partial charge in [0.15, 0.2) is 0 Å². The molecule has 0 spiro atoms. The lowest BCUT2D eigenvalue weighted by Crippen LogP contribution is -2.20. The summed E-state index contributed by atoms with van der Waals surface area (Å²) in [5, 5.41) is 0. The molecule has 9 heavy (non-hydrogen) atoms. The van der Waals surface area contributed by atoms with Gasteiger partial charge in [0, 0.05) is 19.6 Å². The Morgan fingerprint density at radius 2 is 1.78 bits per heavy atom. The van der Waals surface area contributed by atoms with Crippen molar-refractivity contribution in [3.63, 3.8) is 0 Å². The van der Waals surface area contributed by atoms with Gasteiger partial charge in [0.1, 0.15) is 0 Å². The zero-order valence-corrected chi connectivity index (χ0v) is 6.59. The van der Waals surface area contributed by atoms with Crippen LogP contribution in [0.3, 0.4) is 0 Å². The summed E-state index contributed by atoms with van der Waals surface area (Å²) >= 11 is 0. The van der Waals surface area contributed by atoms with Crippen LogP contribution in [-0.2, 0) is 0 Å². The van der Waals surface area contributed by atoms with Gasteiger partial charge in [-0.2, -0.15) is 0 Å². The lowest BCUT2D eigenvalue weighted by molar-refractivity contribution is 0.478. The molecule has 0 aliphatic carbocycles. The Bertz CT molecular complexity index is 75.0. The zero-order valence-electron chi connectivity index (χ0n) is 6.59. The van der Waals surface area contributed by atoms with Crippen LogP contribution in [-0.4, -0.2) is 30.9 Å². The van der Waals surface area contributed by atoms with Gasteiger partial charge in [-0.3, -0.25) is 4.99 Å². The highest BCUT2D eigenvalue weighted by Gasteiger charge is 1.86. The molecule has 0 saturated carbocycles. The van der Waals surface area contributed by atoms with Crippen LogP contribution in [0.5, 0.6) is 0 Å². The second-order valence-corrected chi connectivity index (χ2v) is 1.84. The third-order valence-corrected chi connectivity index (χ3v) is 1.24. The second kappa shape index (κ2) is 5.60. The first kappa shape index (κ1) is 8.47. The van der Waals surface area contributed by atoms with E-state index in [0.29, 0.717) is 0 Å². The summed E-state index contributed by atoms with van der Waals surface area (Å²) in [6, 6.07) is 0. The van der Waals surface area contributed by atoms with E-state index in [2.05, 4.69) is 23.7 Å². The third-order valence-electron chi connectivity index (χ3n) is 1.24. The molecule has 54 valence electrons. The lowest BCUT2D eigenvalue weighted by Gasteiger charge is -2.12. The Labute approximate surface area is 57.6 Å². The van der Waals surface area contributed by atoms with Gasteiger partial charge < -0.3 is 4.90 Å². The van der Waals surface area contributed by atoms with Crippen molar-refractivity contribution in [1.82, 2.24) is 4.90 Å². The Morgan fingerprint density at radius 3 is 2.11 bits per heavy atom. The Balaban J connectivity index is 3.41. The molecule has 0 heterocycles. The summed E-state index contributed by atoms with van der Waals surface area (Å²) in [7, 11) is 0. The van der Waals surface area contributed by atoms with E-state index in [4.69, 9.17) is 0 Å². The van der Waals surface area contributed by atoms with Crippen LogP contribution in [0, 0.1) is 0 Å². The molecule has 0 aromatic heterocycles. The Morgan fingerprint density at radius 1 is 1.22 bits per heavy atom. The van der Waals surface area contributed by atoms with E-state index in [1.165, 1.54) is 0 Å². The van der Waals surface area contributed by atoms with E-state index in [0.717, 1.165) is 19.6 Å². The molecular formula is C7H16N2. The monoisotopic (exact) mass is 128 g/mol. The molecule has 0 unspecified atom stereocenters. The van der Waals surface area contributed by atoms with Gasteiger partial charge >= 0.3 is 0 Å². The molecule has 0 radical (unpaired) electrons. The van der Waals surface area contributed by atoms with Crippen molar-refractivity contribution < 1.29 is 0 Å². The molecule has 0 bridgehead atoms. The quantitative estimate of drug-likeness (QED) is 0.412. The molecule has 0 aromatic rings. The minimum absolute atomic E-state index is 0.885. The number of hydrogen-bond acceptors (Lipinski definition) is 1. The fourth-order valence-corrected chi connectivity index (χ4v) is 0.584. The predicted octanol–water partition coefficient (Wildman–Crippen LogP) is 1.38. The first-order valence-electron chi connectivity index (χ1n) is 3.59. The first-order valence-corrected chi connectivity index (χ1v) is 3.59.